The zero-order chi connectivity index (χ0) is 46.7. The lowest BCUT2D eigenvalue weighted by Gasteiger charge is -2.53. The molecule has 0 radical (unpaired) electrons. The summed E-state index contributed by atoms with van der Waals surface area (Å²) in [4.78, 5) is 5.56. The van der Waals surface area contributed by atoms with Crippen molar-refractivity contribution in [3.05, 3.63) is 155 Å². The van der Waals surface area contributed by atoms with E-state index >= 15 is 0 Å². The summed E-state index contributed by atoms with van der Waals surface area (Å²) in [6.45, 7) is 28.6. The molecule has 336 valence electrons. The highest BCUT2D eigenvalue weighted by atomic mass is 16.3. The van der Waals surface area contributed by atoms with E-state index in [1.807, 2.05) is 0 Å². The summed E-state index contributed by atoms with van der Waals surface area (Å²) < 4.78 is 7.48. The molecule has 3 nitrogen and oxygen atoms in total. The van der Waals surface area contributed by atoms with E-state index in [4.69, 9.17) is 4.42 Å². The van der Waals surface area contributed by atoms with Crippen molar-refractivity contribution in [3.8, 4) is 22.3 Å². The normalized spacial score (nSPS) is 19.7. The van der Waals surface area contributed by atoms with Crippen LogP contribution in [0.3, 0.4) is 0 Å². The van der Waals surface area contributed by atoms with Crippen LogP contribution in [0.15, 0.2) is 132 Å². The lowest BCUT2D eigenvalue weighted by Crippen LogP contribution is -2.64. The molecule has 3 aliphatic heterocycles. The van der Waals surface area contributed by atoms with Gasteiger partial charge in [0.05, 0.1) is 11.2 Å². The topological polar surface area (TPSA) is 19.6 Å². The van der Waals surface area contributed by atoms with Crippen molar-refractivity contribution in [2.24, 2.45) is 0 Å². The van der Waals surface area contributed by atoms with Crippen molar-refractivity contribution >= 4 is 73.5 Å². The first kappa shape index (κ1) is 42.4. The number of hydrogen-bond donors (Lipinski definition) is 0. The average Bonchev–Trinajstić information content (AvgIpc) is 3.76. The lowest BCUT2D eigenvalue weighted by atomic mass is 9.33. The monoisotopic (exact) mass is 877 g/mol. The average molecular weight is 877 g/mol. The Bertz CT molecular complexity index is 3300. The Hall–Kier alpha value is -6.00. The Morgan fingerprint density at radius 3 is 1.75 bits per heavy atom. The molecule has 1 aliphatic carbocycles. The van der Waals surface area contributed by atoms with Gasteiger partial charge < -0.3 is 14.2 Å². The molecule has 4 heterocycles. The highest BCUT2D eigenvalue weighted by Gasteiger charge is 2.62. The van der Waals surface area contributed by atoms with E-state index in [0.29, 0.717) is 0 Å². The summed E-state index contributed by atoms with van der Waals surface area (Å²) in [7, 11) is 0. The van der Waals surface area contributed by atoms with Crippen LogP contribution >= 0.6 is 0 Å². The van der Waals surface area contributed by atoms with Gasteiger partial charge in [-0.05, 0) is 141 Å². The number of fused-ring (bicyclic) bond motifs is 11. The number of benzene rings is 7. The predicted molar refractivity (Wildman–Crippen MR) is 288 cm³/mol. The molecule has 67 heavy (non-hydrogen) atoms. The van der Waals surface area contributed by atoms with Gasteiger partial charge in [-0.3, -0.25) is 0 Å². The molecule has 1 saturated carbocycles. The van der Waals surface area contributed by atoms with Gasteiger partial charge in [0.1, 0.15) is 11.2 Å². The number of rotatable bonds is 3. The van der Waals surface area contributed by atoms with E-state index in [2.05, 4.69) is 220 Å². The van der Waals surface area contributed by atoms with E-state index in [9.17, 15) is 0 Å². The Kier molecular flexibility index (Phi) is 8.87. The van der Waals surface area contributed by atoms with Crippen molar-refractivity contribution in [2.45, 2.75) is 136 Å². The largest absolute Gasteiger partial charge is 0.457 e. The summed E-state index contributed by atoms with van der Waals surface area (Å²) in [5.74, 6) is 0. The van der Waals surface area contributed by atoms with Gasteiger partial charge in [0.2, 0.25) is 0 Å². The van der Waals surface area contributed by atoms with Crippen LogP contribution in [-0.2, 0) is 21.7 Å². The number of aryl methyl sites for hydroxylation is 1. The van der Waals surface area contributed by atoms with Gasteiger partial charge in [0.15, 0.2) is 0 Å². The molecule has 0 saturated heterocycles. The zero-order valence-electron chi connectivity index (χ0n) is 41.8. The van der Waals surface area contributed by atoms with Crippen molar-refractivity contribution in [1.29, 1.82) is 0 Å². The highest BCUT2D eigenvalue weighted by Crippen LogP contribution is 2.63. The first-order valence-electron chi connectivity index (χ1n) is 25.0. The first-order valence-corrected chi connectivity index (χ1v) is 25.0. The minimum atomic E-state index is -0.0933. The molecule has 7 aromatic carbocycles. The van der Waals surface area contributed by atoms with E-state index in [1.165, 1.54) is 125 Å². The zero-order valence-corrected chi connectivity index (χ0v) is 41.8. The fourth-order valence-electron chi connectivity index (χ4n) is 12.9. The maximum absolute atomic E-state index is 7.48. The lowest BCUT2D eigenvalue weighted by molar-refractivity contribution is 0.195. The van der Waals surface area contributed by atoms with Crippen LogP contribution in [0.5, 0.6) is 0 Å². The number of furan rings is 1. The van der Waals surface area contributed by atoms with Crippen LogP contribution in [0.25, 0.3) is 44.2 Å². The maximum atomic E-state index is 7.48. The fraction of sp³-hybridized carbons (Fsp3) is 0.333. The second-order valence-corrected chi connectivity index (χ2v) is 24.2. The number of nitrogens with zero attached hydrogens (tertiary/aromatic N) is 2. The minimum Gasteiger partial charge on any atom is -0.457 e. The summed E-state index contributed by atoms with van der Waals surface area (Å²) in [5.41, 5.74) is 23.9. The van der Waals surface area contributed by atoms with Crippen LogP contribution in [-0.4, -0.2) is 12.3 Å². The van der Waals surface area contributed by atoms with Gasteiger partial charge in [-0.2, -0.15) is 0 Å². The van der Waals surface area contributed by atoms with Gasteiger partial charge in [0.25, 0.3) is 6.71 Å². The Morgan fingerprint density at radius 1 is 0.537 bits per heavy atom. The SMILES string of the molecule is Cc1cc2c3c(c1)N1c4c(cc(C(C)(C)C)cc4C4(C)CCCCC14C)B3c1c(ccc3c1oc1cc(C(C)(C)C)ccc13)N2c1c(-c2ccccc2)cc(C(C)(C)C)cc1-c1ccccc1. The van der Waals surface area contributed by atoms with Crippen molar-refractivity contribution in [2.75, 3.05) is 9.80 Å². The Balaban J connectivity index is 1.28. The van der Waals surface area contributed by atoms with E-state index in [1.54, 1.807) is 0 Å². The third kappa shape index (κ3) is 5.96. The number of hydrogen-bond acceptors (Lipinski definition) is 3. The highest BCUT2D eigenvalue weighted by molar-refractivity contribution is 7.01. The molecule has 2 unspecified atom stereocenters. The summed E-state index contributed by atoms with van der Waals surface area (Å²) >= 11 is 0. The van der Waals surface area contributed by atoms with Crippen LogP contribution in [0.2, 0.25) is 0 Å². The second kappa shape index (κ2) is 14.0. The molecule has 1 aromatic heterocycles. The molecular formula is C63H65BN2O. The van der Waals surface area contributed by atoms with Crippen LogP contribution < -0.4 is 26.2 Å². The standard InChI is InChI=1S/C63H65BN2O/c1-38-31-51-54-52(32-38)66-57-48(62(11)29-19-20-30-63(62,66)12)35-43(61(8,9)10)36-49(57)64(54)55-50(28-27-45-44-26-25-41(59(2,3)4)37-53(44)67-58(45)55)65(51)56-46(39-21-15-13-16-22-39)33-42(60(5,6)7)34-47(56)40-23-17-14-18-24-40/h13-18,21-28,31-37H,19-20,29-30H2,1-12H3. The molecule has 8 aromatic rings. The van der Waals surface area contributed by atoms with Gasteiger partial charge in [-0.15, -0.1) is 0 Å². The first-order chi connectivity index (χ1) is 31.8. The van der Waals surface area contributed by atoms with E-state index in [-0.39, 0.29) is 33.9 Å². The van der Waals surface area contributed by atoms with E-state index < -0.39 is 0 Å². The Labute approximate surface area is 399 Å². The van der Waals surface area contributed by atoms with Crippen LogP contribution in [0, 0.1) is 6.92 Å². The maximum Gasteiger partial charge on any atom is 0.257 e. The van der Waals surface area contributed by atoms with Gasteiger partial charge in [-0.1, -0.05) is 167 Å². The summed E-state index contributed by atoms with van der Waals surface area (Å²) in [6, 6.07) is 49.3. The third-order valence-corrected chi connectivity index (χ3v) is 16.9. The third-order valence-electron chi connectivity index (χ3n) is 16.9. The van der Waals surface area contributed by atoms with Crippen LogP contribution in [0.4, 0.5) is 28.4 Å². The molecule has 4 heteroatoms. The van der Waals surface area contributed by atoms with Crippen molar-refractivity contribution in [1.82, 2.24) is 0 Å². The molecule has 0 amide bonds. The molecule has 12 rings (SSSR count). The molecule has 0 spiro atoms. The van der Waals surface area contributed by atoms with Gasteiger partial charge in [0, 0.05) is 50.1 Å². The number of anilines is 5. The van der Waals surface area contributed by atoms with Gasteiger partial charge in [-0.25, -0.2) is 0 Å². The van der Waals surface area contributed by atoms with Gasteiger partial charge >= 0.3 is 0 Å². The summed E-state index contributed by atoms with van der Waals surface area (Å²) in [5, 5.41) is 2.36. The van der Waals surface area contributed by atoms with E-state index in [0.717, 1.165) is 17.6 Å². The van der Waals surface area contributed by atoms with Crippen LogP contribution in [0.1, 0.15) is 130 Å². The predicted octanol–water partition coefficient (Wildman–Crippen LogP) is 15.5. The molecule has 4 aliphatic rings. The molecule has 0 bridgehead atoms. The van der Waals surface area contributed by atoms with Crippen molar-refractivity contribution < 1.29 is 4.42 Å². The fourth-order valence-corrected chi connectivity index (χ4v) is 12.9. The molecule has 0 N–H and O–H groups in total. The smallest absolute Gasteiger partial charge is 0.257 e. The molecular weight excluding hydrogens is 812 g/mol. The molecule has 1 fully saturated rings. The quantitative estimate of drug-likeness (QED) is 0.165. The summed E-state index contributed by atoms with van der Waals surface area (Å²) in [6.07, 6.45) is 4.84. The van der Waals surface area contributed by atoms with Crippen molar-refractivity contribution in [3.63, 3.8) is 0 Å². The molecule has 2 atom stereocenters. The Morgan fingerprint density at radius 2 is 1.12 bits per heavy atom. The minimum absolute atomic E-state index is 0.0122. The second-order valence-electron chi connectivity index (χ2n) is 24.2.